The van der Waals surface area contributed by atoms with Gasteiger partial charge in [-0.05, 0) is 25.7 Å². The van der Waals surface area contributed by atoms with Gasteiger partial charge in [0.25, 0.3) is 0 Å². The topological polar surface area (TPSA) is 52.6 Å². The van der Waals surface area contributed by atoms with Crippen molar-refractivity contribution in [3.8, 4) is 0 Å². The molecule has 0 bridgehead atoms. The quantitative estimate of drug-likeness (QED) is 0.535. The van der Waals surface area contributed by atoms with Crippen LogP contribution < -0.4 is 0 Å². The van der Waals surface area contributed by atoms with Gasteiger partial charge in [-0.15, -0.1) is 23.2 Å². The van der Waals surface area contributed by atoms with E-state index in [2.05, 4.69) is 0 Å². The van der Waals surface area contributed by atoms with Gasteiger partial charge in [-0.3, -0.25) is 9.59 Å². The van der Waals surface area contributed by atoms with E-state index in [1.54, 1.807) is 0 Å². The smallest absolute Gasteiger partial charge is 0.306 e. The van der Waals surface area contributed by atoms with E-state index in [-0.39, 0.29) is 31.5 Å². The maximum atomic E-state index is 11.6. The van der Waals surface area contributed by atoms with Crippen molar-refractivity contribution >= 4 is 35.1 Å². The molecule has 19 heavy (non-hydrogen) atoms. The summed E-state index contributed by atoms with van der Waals surface area (Å²) >= 11 is 10.8. The fourth-order valence-electron chi connectivity index (χ4n) is 2.22. The third-order valence-electron chi connectivity index (χ3n) is 3.28. The third-order valence-corrected chi connectivity index (χ3v) is 3.54. The number of ether oxygens (including phenoxy) is 2. The standard InChI is InChI=1S/C13H20Cl2O4/c1-9(10-4-2-3-5-10)19-13(17)7-6-12(16)18-8-11(14)15/h9-11H,2-8H2,1H3. The minimum absolute atomic E-state index is 0.00326. The van der Waals surface area contributed by atoms with Gasteiger partial charge in [0.1, 0.15) is 17.5 Å². The summed E-state index contributed by atoms with van der Waals surface area (Å²) in [6.07, 6.45) is 4.60. The van der Waals surface area contributed by atoms with Crippen molar-refractivity contribution in [1.29, 1.82) is 0 Å². The molecule has 0 spiro atoms. The Morgan fingerprint density at radius 1 is 1.16 bits per heavy atom. The first-order valence-corrected chi connectivity index (χ1v) is 7.49. The SMILES string of the molecule is CC(OC(=O)CCC(=O)OCC(Cl)Cl)C1CCCC1. The molecule has 0 N–H and O–H groups in total. The van der Waals surface area contributed by atoms with Gasteiger partial charge in [-0.1, -0.05) is 12.8 Å². The summed E-state index contributed by atoms with van der Waals surface area (Å²) in [6, 6.07) is 0. The number of hydrogen-bond donors (Lipinski definition) is 0. The number of alkyl halides is 2. The zero-order valence-corrected chi connectivity index (χ0v) is 12.6. The molecule has 0 saturated heterocycles. The van der Waals surface area contributed by atoms with Crippen LogP contribution in [-0.4, -0.2) is 29.5 Å². The number of halogens is 2. The first kappa shape index (κ1) is 16.6. The summed E-state index contributed by atoms with van der Waals surface area (Å²) < 4.78 is 10.1. The zero-order chi connectivity index (χ0) is 14.3. The van der Waals surface area contributed by atoms with Crippen molar-refractivity contribution in [3.05, 3.63) is 0 Å². The molecule has 1 rings (SSSR count). The molecule has 1 unspecified atom stereocenters. The number of hydrogen-bond acceptors (Lipinski definition) is 4. The van der Waals surface area contributed by atoms with E-state index in [9.17, 15) is 9.59 Å². The molecule has 110 valence electrons. The van der Waals surface area contributed by atoms with Crippen molar-refractivity contribution < 1.29 is 19.1 Å². The largest absolute Gasteiger partial charge is 0.463 e. The molecule has 0 amide bonds. The van der Waals surface area contributed by atoms with Gasteiger partial charge in [0, 0.05) is 0 Å². The average molecular weight is 311 g/mol. The molecule has 0 aromatic rings. The lowest BCUT2D eigenvalue weighted by Crippen LogP contribution is -2.22. The molecular formula is C13H20Cl2O4. The molecule has 4 nitrogen and oxygen atoms in total. The predicted octanol–water partition coefficient (Wildman–Crippen LogP) is 3.24. The van der Waals surface area contributed by atoms with Crippen molar-refractivity contribution in [2.75, 3.05) is 6.61 Å². The summed E-state index contributed by atoms with van der Waals surface area (Å²) in [4.78, 5) is 22.1. The Kier molecular flexibility index (Phi) is 7.54. The number of carbonyl (C=O) groups is 2. The van der Waals surface area contributed by atoms with Crippen LogP contribution in [0.4, 0.5) is 0 Å². The van der Waals surface area contributed by atoms with Crippen LogP contribution in [0.2, 0.25) is 0 Å². The summed E-state index contributed by atoms with van der Waals surface area (Å²) in [6.45, 7) is 1.85. The van der Waals surface area contributed by atoms with Crippen molar-refractivity contribution in [2.24, 2.45) is 5.92 Å². The average Bonchev–Trinajstić information content (AvgIpc) is 2.87. The molecule has 1 fully saturated rings. The zero-order valence-electron chi connectivity index (χ0n) is 11.1. The Bertz CT molecular complexity index is 301. The highest BCUT2D eigenvalue weighted by atomic mass is 35.5. The first-order valence-electron chi connectivity index (χ1n) is 6.62. The van der Waals surface area contributed by atoms with Crippen molar-refractivity contribution in [1.82, 2.24) is 0 Å². The minimum atomic E-state index is -0.738. The molecule has 1 atom stereocenters. The summed E-state index contributed by atoms with van der Waals surface area (Å²) in [5, 5.41) is 0. The molecular weight excluding hydrogens is 291 g/mol. The first-order chi connectivity index (χ1) is 8.99. The Hall–Kier alpha value is -0.480. The second kappa shape index (κ2) is 8.64. The van der Waals surface area contributed by atoms with E-state index in [4.69, 9.17) is 32.7 Å². The minimum Gasteiger partial charge on any atom is -0.463 e. The lowest BCUT2D eigenvalue weighted by Gasteiger charge is -2.19. The van der Waals surface area contributed by atoms with Gasteiger partial charge >= 0.3 is 11.9 Å². The van der Waals surface area contributed by atoms with E-state index in [0.717, 1.165) is 12.8 Å². The molecule has 6 heteroatoms. The second-order valence-electron chi connectivity index (χ2n) is 4.81. The van der Waals surface area contributed by atoms with Crippen LogP contribution in [0.15, 0.2) is 0 Å². The van der Waals surface area contributed by atoms with E-state index < -0.39 is 10.8 Å². The summed E-state index contributed by atoms with van der Waals surface area (Å²) in [7, 11) is 0. The van der Waals surface area contributed by atoms with E-state index in [1.807, 2.05) is 6.92 Å². The van der Waals surface area contributed by atoms with Gasteiger partial charge in [0.15, 0.2) is 0 Å². The van der Waals surface area contributed by atoms with Crippen LogP contribution in [0.5, 0.6) is 0 Å². The normalized spacial score (nSPS) is 17.5. The highest BCUT2D eigenvalue weighted by Gasteiger charge is 2.24. The van der Waals surface area contributed by atoms with Gasteiger partial charge in [0.05, 0.1) is 12.8 Å². The Morgan fingerprint density at radius 3 is 2.32 bits per heavy atom. The van der Waals surface area contributed by atoms with E-state index in [0.29, 0.717) is 5.92 Å². The molecule has 0 aromatic heterocycles. The Morgan fingerprint density at radius 2 is 1.74 bits per heavy atom. The highest BCUT2D eigenvalue weighted by molar-refractivity contribution is 6.44. The monoisotopic (exact) mass is 310 g/mol. The Balaban J connectivity index is 2.14. The maximum absolute atomic E-state index is 11.6. The van der Waals surface area contributed by atoms with Crippen LogP contribution in [0.25, 0.3) is 0 Å². The highest BCUT2D eigenvalue weighted by Crippen LogP contribution is 2.29. The van der Waals surface area contributed by atoms with E-state index >= 15 is 0 Å². The fourth-order valence-corrected chi connectivity index (χ4v) is 2.35. The number of rotatable bonds is 7. The molecule has 1 aliphatic carbocycles. The van der Waals surface area contributed by atoms with Crippen LogP contribution in [0, 0.1) is 5.92 Å². The molecule has 0 aromatic carbocycles. The summed E-state index contributed by atoms with van der Waals surface area (Å²) in [5.41, 5.74) is 0. The van der Waals surface area contributed by atoms with E-state index in [1.165, 1.54) is 12.8 Å². The van der Waals surface area contributed by atoms with Gasteiger partial charge in [-0.2, -0.15) is 0 Å². The number of esters is 2. The van der Waals surface area contributed by atoms with Crippen LogP contribution in [0.1, 0.15) is 45.4 Å². The van der Waals surface area contributed by atoms with Crippen molar-refractivity contribution in [3.63, 3.8) is 0 Å². The summed E-state index contributed by atoms with van der Waals surface area (Å²) in [5.74, 6) is -0.384. The molecule has 1 saturated carbocycles. The van der Waals surface area contributed by atoms with Gasteiger partial charge in [-0.25, -0.2) is 0 Å². The second-order valence-corrected chi connectivity index (χ2v) is 6.09. The third kappa shape index (κ3) is 7.02. The fraction of sp³-hybridized carbons (Fsp3) is 0.846. The molecule has 0 radical (unpaired) electrons. The lowest BCUT2D eigenvalue weighted by atomic mass is 10.0. The molecule has 0 aliphatic heterocycles. The molecule has 0 heterocycles. The van der Waals surface area contributed by atoms with Crippen LogP contribution in [0.3, 0.4) is 0 Å². The molecule has 1 aliphatic rings. The van der Waals surface area contributed by atoms with Gasteiger partial charge in [0.2, 0.25) is 0 Å². The van der Waals surface area contributed by atoms with Gasteiger partial charge < -0.3 is 9.47 Å². The maximum Gasteiger partial charge on any atom is 0.306 e. The van der Waals surface area contributed by atoms with Crippen LogP contribution in [-0.2, 0) is 19.1 Å². The van der Waals surface area contributed by atoms with Crippen molar-refractivity contribution in [2.45, 2.75) is 56.4 Å². The lowest BCUT2D eigenvalue weighted by molar-refractivity contribution is -0.154. The number of carbonyl (C=O) groups excluding carboxylic acids is 2. The predicted molar refractivity (Wildman–Crippen MR) is 73.2 cm³/mol. The Labute approximate surface area is 123 Å². The van der Waals surface area contributed by atoms with Crippen LogP contribution >= 0.6 is 23.2 Å².